The van der Waals surface area contributed by atoms with Crippen molar-refractivity contribution in [3.05, 3.63) is 24.3 Å². The van der Waals surface area contributed by atoms with Gasteiger partial charge in [0, 0.05) is 13.6 Å². The highest BCUT2D eigenvalue weighted by Crippen LogP contribution is 2.26. The molecule has 0 amide bonds. The quantitative estimate of drug-likeness (QED) is 0.907. The fourth-order valence-electron chi connectivity index (χ4n) is 1.53. The standard InChI is InChI=1S/C11H15F3N2O2S/c1-3-15-9-6-4-5-7-10(9)19(17,18)16(2)8-11(12,13)14/h4-7,15H,3,8H2,1-2H3. The second-order valence-corrected chi connectivity index (χ2v) is 5.92. The number of nitrogens with one attached hydrogen (secondary N) is 1. The van der Waals surface area contributed by atoms with Gasteiger partial charge in [0.05, 0.1) is 5.69 Å². The van der Waals surface area contributed by atoms with Crippen molar-refractivity contribution in [1.29, 1.82) is 0 Å². The molecule has 1 N–H and O–H groups in total. The minimum Gasteiger partial charge on any atom is -0.384 e. The fourth-order valence-corrected chi connectivity index (χ4v) is 2.85. The predicted octanol–water partition coefficient (Wildman–Crippen LogP) is 2.30. The van der Waals surface area contributed by atoms with Gasteiger partial charge in [-0.25, -0.2) is 8.42 Å². The maximum atomic E-state index is 12.3. The number of benzene rings is 1. The molecule has 19 heavy (non-hydrogen) atoms. The first kappa shape index (κ1) is 15.8. The number of anilines is 1. The number of halogens is 3. The van der Waals surface area contributed by atoms with Crippen LogP contribution in [-0.2, 0) is 10.0 Å². The lowest BCUT2D eigenvalue weighted by atomic mass is 10.3. The molecule has 0 unspecified atom stereocenters. The molecule has 1 rings (SSSR count). The number of nitrogens with zero attached hydrogens (tertiary/aromatic N) is 1. The Hall–Kier alpha value is -1.28. The normalized spacial score (nSPS) is 12.7. The lowest BCUT2D eigenvalue weighted by Gasteiger charge is -2.20. The maximum Gasteiger partial charge on any atom is 0.402 e. The average Bonchev–Trinajstić information content (AvgIpc) is 2.27. The van der Waals surface area contributed by atoms with E-state index in [1.165, 1.54) is 18.2 Å². The van der Waals surface area contributed by atoms with Crippen molar-refractivity contribution in [3.8, 4) is 0 Å². The first-order valence-electron chi connectivity index (χ1n) is 5.54. The van der Waals surface area contributed by atoms with Gasteiger partial charge in [-0.3, -0.25) is 0 Å². The molecule has 108 valence electrons. The highest BCUT2D eigenvalue weighted by atomic mass is 32.2. The third-order valence-electron chi connectivity index (χ3n) is 2.34. The van der Waals surface area contributed by atoms with E-state index in [0.29, 0.717) is 16.5 Å². The van der Waals surface area contributed by atoms with Gasteiger partial charge in [0.25, 0.3) is 0 Å². The van der Waals surface area contributed by atoms with Crippen molar-refractivity contribution < 1.29 is 21.6 Å². The molecule has 0 heterocycles. The van der Waals surface area contributed by atoms with Crippen LogP contribution in [0.5, 0.6) is 0 Å². The van der Waals surface area contributed by atoms with Crippen molar-refractivity contribution in [2.24, 2.45) is 0 Å². The Morgan fingerprint density at radius 2 is 1.84 bits per heavy atom. The third-order valence-corrected chi connectivity index (χ3v) is 4.21. The van der Waals surface area contributed by atoms with Gasteiger partial charge in [-0.1, -0.05) is 12.1 Å². The van der Waals surface area contributed by atoms with Gasteiger partial charge < -0.3 is 5.32 Å². The topological polar surface area (TPSA) is 49.4 Å². The van der Waals surface area contributed by atoms with E-state index in [0.717, 1.165) is 7.05 Å². The summed E-state index contributed by atoms with van der Waals surface area (Å²) in [5.41, 5.74) is 0.291. The molecule has 0 aliphatic rings. The van der Waals surface area contributed by atoms with Crippen LogP contribution in [0.1, 0.15) is 6.92 Å². The van der Waals surface area contributed by atoms with E-state index in [1.54, 1.807) is 13.0 Å². The summed E-state index contributed by atoms with van der Waals surface area (Å²) in [5, 5.41) is 2.81. The van der Waals surface area contributed by atoms with Gasteiger partial charge in [-0.15, -0.1) is 0 Å². The Balaban J connectivity index is 3.13. The summed E-state index contributed by atoms with van der Waals surface area (Å²) in [4.78, 5) is -0.163. The minimum atomic E-state index is -4.57. The summed E-state index contributed by atoms with van der Waals surface area (Å²) in [5.74, 6) is 0. The summed E-state index contributed by atoms with van der Waals surface area (Å²) in [6.45, 7) is 0.716. The SMILES string of the molecule is CCNc1ccccc1S(=O)(=O)N(C)CC(F)(F)F. The molecular weight excluding hydrogens is 281 g/mol. The molecule has 0 aliphatic heterocycles. The number of rotatable bonds is 5. The highest BCUT2D eigenvalue weighted by molar-refractivity contribution is 7.89. The van der Waals surface area contributed by atoms with E-state index >= 15 is 0 Å². The van der Waals surface area contributed by atoms with E-state index in [-0.39, 0.29) is 4.90 Å². The molecule has 0 bridgehead atoms. The largest absolute Gasteiger partial charge is 0.402 e. The van der Waals surface area contributed by atoms with Crippen LogP contribution in [0.4, 0.5) is 18.9 Å². The summed E-state index contributed by atoms with van der Waals surface area (Å²) in [6, 6.07) is 5.87. The van der Waals surface area contributed by atoms with E-state index in [9.17, 15) is 21.6 Å². The molecule has 0 radical (unpaired) electrons. The molecule has 1 aromatic rings. The molecule has 0 fully saturated rings. The van der Waals surface area contributed by atoms with Crippen LogP contribution in [0, 0.1) is 0 Å². The third kappa shape index (κ3) is 4.10. The Kier molecular flexibility index (Phi) is 4.81. The van der Waals surface area contributed by atoms with Gasteiger partial charge in [0.1, 0.15) is 11.4 Å². The van der Waals surface area contributed by atoms with Gasteiger partial charge in [-0.05, 0) is 19.1 Å². The number of para-hydroxylation sites is 1. The number of sulfonamides is 1. The minimum absolute atomic E-state index is 0.163. The molecular formula is C11H15F3N2O2S. The van der Waals surface area contributed by atoms with E-state index < -0.39 is 22.7 Å². The van der Waals surface area contributed by atoms with E-state index in [4.69, 9.17) is 0 Å². The molecule has 0 atom stereocenters. The maximum absolute atomic E-state index is 12.3. The van der Waals surface area contributed by atoms with Crippen molar-refractivity contribution in [3.63, 3.8) is 0 Å². The lowest BCUT2D eigenvalue weighted by Crippen LogP contribution is -2.36. The highest BCUT2D eigenvalue weighted by Gasteiger charge is 2.35. The van der Waals surface area contributed by atoms with Crippen LogP contribution in [0.3, 0.4) is 0 Å². The van der Waals surface area contributed by atoms with E-state index in [2.05, 4.69) is 5.32 Å². The summed E-state index contributed by atoms with van der Waals surface area (Å²) in [7, 11) is -3.27. The van der Waals surface area contributed by atoms with Crippen LogP contribution >= 0.6 is 0 Å². The van der Waals surface area contributed by atoms with Crippen molar-refractivity contribution in [2.45, 2.75) is 18.0 Å². The van der Waals surface area contributed by atoms with Crippen LogP contribution in [-0.4, -0.2) is 39.0 Å². The second-order valence-electron chi connectivity index (χ2n) is 3.90. The average molecular weight is 296 g/mol. The van der Waals surface area contributed by atoms with Gasteiger partial charge in [0.2, 0.25) is 10.0 Å². The molecule has 4 nitrogen and oxygen atoms in total. The van der Waals surface area contributed by atoms with Crippen LogP contribution in [0.15, 0.2) is 29.2 Å². The first-order chi connectivity index (χ1) is 8.68. The zero-order valence-electron chi connectivity index (χ0n) is 10.5. The smallest absolute Gasteiger partial charge is 0.384 e. The summed E-state index contributed by atoms with van der Waals surface area (Å²) < 4.78 is 61.3. The van der Waals surface area contributed by atoms with Crippen molar-refractivity contribution >= 4 is 15.7 Å². The summed E-state index contributed by atoms with van der Waals surface area (Å²) >= 11 is 0. The Morgan fingerprint density at radius 1 is 1.26 bits per heavy atom. The number of hydrogen-bond donors (Lipinski definition) is 1. The molecule has 0 saturated carbocycles. The van der Waals surface area contributed by atoms with Gasteiger partial charge >= 0.3 is 6.18 Å². The van der Waals surface area contributed by atoms with E-state index in [1.807, 2.05) is 0 Å². The second kappa shape index (κ2) is 5.79. The van der Waals surface area contributed by atoms with Crippen molar-refractivity contribution in [1.82, 2.24) is 4.31 Å². The molecule has 1 aromatic carbocycles. The molecule has 0 spiro atoms. The molecule has 0 aliphatic carbocycles. The Labute approximate surface area is 110 Å². The fraction of sp³-hybridized carbons (Fsp3) is 0.455. The van der Waals surface area contributed by atoms with Crippen LogP contribution in [0.2, 0.25) is 0 Å². The Morgan fingerprint density at radius 3 is 2.37 bits per heavy atom. The zero-order chi connectivity index (χ0) is 14.7. The van der Waals surface area contributed by atoms with Crippen molar-refractivity contribution in [2.75, 3.05) is 25.5 Å². The first-order valence-corrected chi connectivity index (χ1v) is 6.98. The van der Waals surface area contributed by atoms with Gasteiger partial charge in [-0.2, -0.15) is 17.5 Å². The molecule has 0 aromatic heterocycles. The summed E-state index contributed by atoms with van der Waals surface area (Å²) in [6.07, 6.45) is -4.57. The monoisotopic (exact) mass is 296 g/mol. The molecule has 8 heteroatoms. The van der Waals surface area contributed by atoms with Gasteiger partial charge in [0.15, 0.2) is 0 Å². The van der Waals surface area contributed by atoms with Crippen LogP contribution < -0.4 is 5.32 Å². The van der Waals surface area contributed by atoms with Crippen LogP contribution in [0.25, 0.3) is 0 Å². The number of hydrogen-bond acceptors (Lipinski definition) is 3. The predicted molar refractivity (Wildman–Crippen MR) is 66.5 cm³/mol. The Bertz CT molecular complexity index is 529. The lowest BCUT2D eigenvalue weighted by molar-refractivity contribution is -0.134. The molecule has 0 saturated heterocycles. The number of alkyl halides is 3. The zero-order valence-corrected chi connectivity index (χ0v) is 11.3.